The monoisotopic (exact) mass is 247 g/mol. The summed E-state index contributed by atoms with van der Waals surface area (Å²) >= 11 is 0. The van der Waals surface area contributed by atoms with Crippen LogP contribution in [-0.2, 0) is 9.59 Å². The molecule has 0 radical (unpaired) electrons. The first kappa shape index (κ1) is 12.6. The van der Waals surface area contributed by atoms with E-state index in [4.69, 9.17) is 5.73 Å². The molecule has 0 aromatic heterocycles. The van der Waals surface area contributed by atoms with Crippen molar-refractivity contribution in [3.8, 4) is 0 Å². The summed E-state index contributed by atoms with van der Waals surface area (Å²) in [5, 5.41) is 5.98. The van der Waals surface area contributed by atoms with Crippen LogP contribution in [0.15, 0.2) is 18.2 Å². The number of nitrogens with two attached hydrogens (primary N) is 1. The minimum Gasteiger partial charge on any atom is -0.370 e. The third kappa shape index (κ3) is 2.68. The van der Waals surface area contributed by atoms with Gasteiger partial charge in [-0.05, 0) is 26.0 Å². The van der Waals surface area contributed by atoms with Gasteiger partial charge in [0, 0.05) is 17.7 Å². The molecule has 1 aromatic rings. The number of carbonyl (C=O) groups excluding carboxylic acids is 2. The van der Waals surface area contributed by atoms with Crippen LogP contribution >= 0.6 is 0 Å². The zero-order valence-electron chi connectivity index (χ0n) is 10.3. The number of fused-ring (bicyclic) bond motifs is 1. The fourth-order valence-electron chi connectivity index (χ4n) is 2.09. The predicted molar refractivity (Wildman–Crippen MR) is 69.0 cm³/mol. The highest BCUT2D eigenvalue weighted by atomic mass is 16.2. The van der Waals surface area contributed by atoms with Crippen molar-refractivity contribution in [3.05, 3.63) is 29.3 Å². The van der Waals surface area contributed by atoms with Gasteiger partial charge in [0.25, 0.3) is 0 Å². The van der Waals surface area contributed by atoms with Crippen molar-refractivity contribution in [2.45, 2.75) is 25.8 Å². The Balaban J connectivity index is 1.99. The molecule has 1 aliphatic rings. The molecule has 0 spiro atoms. The Morgan fingerprint density at radius 2 is 2.28 bits per heavy atom. The first-order valence-electron chi connectivity index (χ1n) is 6.01. The Morgan fingerprint density at radius 1 is 1.50 bits per heavy atom. The molecule has 0 bridgehead atoms. The Bertz CT molecular complexity index is 485. The molecule has 18 heavy (non-hydrogen) atoms. The van der Waals surface area contributed by atoms with E-state index in [0.29, 0.717) is 19.4 Å². The van der Waals surface area contributed by atoms with E-state index >= 15 is 0 Å². The molecule has 4 N–H and O–H groups in total. The van der Waals surface area contributed by atoms with Crippen LogP contribution in [0.25, 0.3) is 0 Å². The van der Waals surface area contributed by atoms with Crippen molar-refractivity contribution in [1.82, 2.24) is 5.32 Å². The SMILES string of the molecule is Cc1ccc2c(c1)C(NCCCC(N)=O)C(=O)N2. The fourth-order valence-corrected chi connectivity index (χ4v) is 2.09. The number of amides is 2. The standard InChI is InChI=1S/C13H17N3O2/c1-8-4-5-10-9(7-8)12(13(18)16-10)15-6-2-3-11(14)17/h4-5,7,12,15H,2-3,6H2,1H3,(H2,14,17)(H,16,18). The molecule has 1 heterocycles. The van der Waals surface area contributed by atoms with Crippen molar-refractivity contribution in [2.24, 2.45) is 5.73 Å². The molecule has 1 unspecified atom stereocenters. The second kappa shape index (κ2) is 5.18. The van der Waals surface area contributed by atoms with Crippen LogP contribution in [0.2, 0.25) is 0 Å². The first-order chi connectivity index (χ1) is 8.58. The number of primary amides is 1. The molecule has 5 heteroatoms. The van der Waals surface area contributed by atoms with Gasteiger partial charge in [-0.1, -0.05) is 17.7 Å². The smallest absolute Gasteiger partial charge is 0.246 e. The highest BCUT2D eigenvalue weighted by Gasteiger charge is 2.29. The number of aryl methyl sites for hydroxylation is 1. The van der Waals surface area contributed by atoms with Crippen molar-refractivity contribution in [3.63, 3.8) is 0 Å². The number of hydrogen-bond donors (Lipinski definition) is 3. The molecule has 1 aliphatic heterocycles. The topological polar surface area (TPSA) is 84.2 Å². The maximum atomic E-state index is 11.8. The number of anilines is 1. The highest BCUT2D eigenvalue weighted by molar-refractivity contribution is 6.02. The minimum absolute atomic E-state index is 0.0466. The number of rotatable bonds is 5. The van der Waals surface area contributed by atoms with Gasteiger partial charge in [-0.25, -0.2) is 0 Å². The lowest BCUT2D eigenvalue weighted by Crippen LogP contribution is -2.29. The number of hydrogen-bond acceptors (Lipinski definition) is 3. The second-order valence-electron chi connectivity index (χ2n) is 4.54. The summed E-state index contributed by atoms with van der Waals surface area (Å²) in [6.07, 6.45) is 0.974. The third-order valence-corrected chi connectivity index (χ3v) is 2.99. The van der Waals surface area contributed by atoms with Crippen LogP contribution in [0.5, 0.6) is 0 Å². The Morgan fingerprint density at radius 3 is 3.00 bits per heavy atom. The summed E-state index contributed by atoms with van der Waals surface area (Å²) in [5.74, 6) is -0.362. The average Bonchev–Trinajstić information content (AvgIpc) is 2.60. The van der Waals surface area contributed by atoms with E-state index < -0.39 is 0 Å². The number of nitrogens with one attached hydrogen (secondary N) is 2. The van der Waals surface area contributed by atoms with Gasteiger partial charge in [0.2, 0.25) is 11.8 Å². The van der Waals surface area contributed by atoms with E-state index in [2.05, 4.69) is 10.6 Å². The molecule has 2 amide bonds. The maximum Gasteiger partial charge on any atom is 0.246 e. The lowest BCUT2D eigenvalue weighted by Gasteiger charge is -2.11. The van der Waals surface area contributed by atoms with Crippen molar-refractivity contribution in [2.75, 3.05) is 11.9 Å². The van der Waals surface area contributed by atoms with E-state index in [0.717, 1.165) is 16.8 Å². The van der Waals surface area contributed by atoms with E-state index in [9.17, 15) is 9.59 Å². The van der Waals surface area contributed by atoms with Gasteiger partial charge in [0.1, 0.15) is 6.04 Å². The molecule has 0 fully saturated rings. The van der Waals surface area contributed by atoms with Gasteiger partial charge >= 0.3 is 0 Å². The zero-order valence-corrected chi connectivity index (χ0v) is 10.3. The summed E-state index contributed by atoms with van der Waals surface area (Å²) in [6, 6.07) is 5.55. The predicted octanol–water partition coefficient (Wildman–Crippen LogP) is 0.843. The normalized spacial score (nSPS) is 17.4. The molecule has 0 saturated heterocycles. The lowest BCUT2D eigenvalue weighted by molar-refractivity contribution is -0.118. The average molecular weight is 247 g/mol. The van der Waals surface area contributed by atoms with E-state index in [1.54, 1.807) is 0 Å². The van der Waals surface area contributed by atoms with Gasteiger partial charge in [0.05, 0.1) is 0 Å². The van der Waals surface area contributed by atoms with Gasteiger partial charge in [-0.2, -0.15) is 0 Å². The van der Waals surface area contributed by atoms with E-state index in [1.165, 1.54) is 0 Å². The van der Waals surface area contributed by atoms with Gasteiger partial charge in [0.15, 0.2) is 0 Å². The first-order valence-corrected chi connectivity index (χ1v) is 6.01. The molecule has 1 aromatic carbocycles. The third-order valence-electron chi connectivity index (χ3n) is 2.99. The van der Waals surface area contributed by atoms with E-state index in [1.807, 2.05) is 25.1 Å². The molecule has 96 valence electrons. The molecule has 2 rings (SSSR count). The second-order valence-corrected chi connectivity index (χ2v) is 4.54. The highest BCUT2D eigenvalue weighted by Crippen LogP contribution is 2.31. The molecule has 5 nitrogen and oxygen atoms in total. The summed E-state index contributed by atoms with van der Waals surface area (Å²) in [4.78, 5) is 22.4. The minimum atomic E-state index is -0.326. The van der Waals surface area contributed by atoms with Crippen LogP contribution in [0.4, 0.5) is 5.69 Å². The van der Waals surface area contributed by atoms with Gasteiger partial charge < -0.3 is 16.4 Å². The largest absolute Gasteiger partial charge is 0.370 e. The van der Waals surface area contributed by atoms with Crippen LogP contribution in [0.1, 0.15) is 30.0 Å². The molecular weight excluding hydrogens is 230 g/mol. The van der Waals surface area contributed by atoms with Crippen LogP contribution in [0, 0.1) is 6.92 Å². The molecule has 0 saturated carbocycles. The van der Waals surface area contributed by atoms with Gasteiger partial charge in [-0.3, -0.25) is 9.59 Å². The Labute approximate surface area is 106 Å². The van der Waals surface area contributed by atoms with Crippen molar-refractivity contribution < 1.29 is 9.59 Å². The van der Waals surface area contributed by atoms with Crippen LogP contribution in [-0.4, -0.2) is 18.4 Å². The van der Waals surface area contributed by atoms with Crippen molar-refractivity contribution in [1.29, 1.82) is 0 Å². The summed E-state index contributed by atoms with van der Waals surface area (Å²) in [7, 11) is 0. The van der Waals surface area contributed by atoms with Crippen LogP contribution < -0.4 is 16.4 Å². The lowest BCUT2D eigenvalue weighted by atomic mass is 10.1. The summed E-state index contributed by atoms with van der Waals surface area (Å²) < 4.78 is 0. The maximum absolute atomic E-state index is 11.8. The molecular formula is C13H17N3O2. The van der Waals surface area contributed by atoms with Crippen molar-refractivity contribution >= 4 is 17.5 Å². The van der Waals surface area contributed by atoms with Gasteiger partial charge in [-0.15, -0.1) is 0 Å². The van der Waals surface area contributed by atoms with Crippen LogP contribution in [0.3, 0.4) is 0 Å². The summed E-state index contributed by atoms with van der Waals surface area (Å²) in [5.41, 5.74) is 8.01. The Hall–Kier alpha value is -1.88. The quantitative estimate of drug-likeness (QED) is 0.674. The Kier molecular flexibility index (Phi) is 3.62. The van der Waals surface area contributed by atoms with E-state index in [-0.39, 0.29) is 17.9 Å². The molecule has 0 aliphatic carbocycles. The number of carbonyl (C=O) groups is 2. The summed E-state index contributed by atoms with van der Waals surface area (Å²) in [6.45, 7) is 2.58. The fraction of sp³-hybridized carbons (Fsp3) is 0.385. The number of benzene rings is 1. The molecule has 1 atom stereocenters. The zero-order chi connectivity index (χ0) is 13.1.